The first-order chi connectivity index (χ1) is 12.5. The lowest BCUT2D eigenvalue weighted by Gasteiger charge is -2.42. The molecule has 2 atom stereocenters. The zero-order chi connectivity index (χ0) is 18.7. The highest BCUT2D eigenvalue weighted by Gasteiger charge is 2.42. The van der Waals surface area contributed by atoms with E-state index in [1.54, 1.807) is 4.90 Å². The van der Waals surface area contributed by atoms with Crippen molar-refractivity contribution in [3.63, 3.8) is 0 Å². The van der Waals surface area contributed by atoms with Gasteiger partial charge in [-0.15, -0.1) is 0 Å². The number of ether oxygens (including phenoxy) is 1. The van der Waals surface area contributed by atoms with E-state index in [0.29, 0.717) is 5.76 Å². The zero-order valence-corrected chi connectivity index (χ0v) is 15.3. The molecule has 138 valence electrons. The number of benzene rings is 1. The van der Waals surface area contributed by atoms with Crippen molar-refractivity contribution in [1.29, 1.82) is 0 Å². The topological polar surface area (TPSA) is 71.8 Å². The summed E-state index contributed by atoms with van der Waals surface area (Å²) in [5.74, 6) is 1.10. The Labute approximate surface area is 153 Å². The Bertz CT molecular complexity index is 769. The van der Waals surface area contributed by atoms with Gasteiger partial charge in [0.25, 0.3) is 5.91 Å². The maximum atomic E-state index is 12.8. The first-order valence-corrected chi connectivity index (χ1v) is 8.78. The molecule has 0 radical (unpaired) electrons. The molecule has 0 saturated carbocycles. The predicted molar refractivity (Wildman–Crippen MR) is 96.2 cm³/mol. The fourth-order valence-electron chi connectivity index (χ4n) is 3.30. The van der Waals surface area contributed by atoms with Crippen molar-refractivity contribution < 1.29 is 18.7 Å². The molecule has 26 heavy (non-hydrogen) atoms. The molecule has 2 amide bonds. The molecule has 0 spiro atoms. The van der Waals surface area contributed by atoms with Crippen molar-refractivity contribution in [3.8, 4) is 0 Å². The smallest absolute Gasteiger partial charge is 0.252 e. The predicted octanol–water partition coefficient (Wildman–Crippen LogP) is 2.58. The average molecular weight is 356 g/mol. The lowest BCUT2D eigenvalue weighted by Crippen LogP contribution is -2.56. The minimum Gasteiger partial charge on any atom is -0.465 e. The van der Waals surface area contributed by atoms with Gasteiger partial charge in [0.05, 0.1) is 12.6 Å². The number of furan rings is 1. The number of rotatable bonds is 5. The van der Waals surface area contributed by atoms with E-state index in [4.69, 9.17) is 9.15 Å². The SMILES string of the molecule is Cc1ccc(CNC(=O)[C@H]2OCC(=O)N(C(C)C)[C@@H]2c2ccccc2)o1. The summed E-state index contributed by atoms with van der Waals surface area (Å²) in [5, 5.41) is 2.86. The van der Waals surface area contributed by atoms with Crippen molar-refractivity contribution in [2.24, 2.45) is 0 Å². The number of aryl methyl sites for hydroxylation is 1. The molecule has 2 heterocycles. The molecule has 1 aromatic carbocycles. The summed E-state index contributed by atoms with van der Waals surface area (Å²) in [4.78, 5) is 27.0. The number of carbonyl (C=O) groups is 2. The van der Waals surface area contributed by atoms with Crippen LogP contribution in [-0.2, 0) is 20.9 Å². The Balaban J connectivity index is 1.82. The molecule has 0 unspecified atom stereocenters. The summed E-state index contributed by atoms with van der Waals surface area (Å²) in [5.41, 5.74) is 0.878. The van der Waals surface area contributed by atoms with Crippen LogP contribution >= 0.6 is 0 Å². The standard InChI is InChI=1S/C20H24N2O4/c1-13(2)22-17(23)12-25-19(18(22)15-7-5-4-6-8-15)20(24)21-11-16-10-9-14(3)26-16/h4-10,13,18-19H,11-12H2,1-3H3,(H,21,24)/t18-,19+/m1/s1. The second-order valence-electron chi connectivity index (χ2n) is 6.71. The summed E-state index contributed by atoms with van der Waals surface area (Å²) in [6, 6.07) is 12.7. The highest BCUT2D eigenvalue weighted by atomic mass is 16.5. The van der Waals surface area contributed by atoms with Crippen molar-refractivity contribution in [1.82, 2.24) is 10.2 Å². The average Bonchev–Trinajstić information content (AvgIpc) is 3.05. The Morgan fingerprint density at radius 3 is 2.58 bits per heavy atom. The van der Waals surface area contributed by atoms with Crippen molar-refractivity contribution in [3.05, 3.63) is 59.5 Å². The van der Waals surface area contributed by atoms with E-state index in [2.05, 4.69) is 5.32 Å². The van der Waals surface area contributed by atoms with Gasteiger partial charge in [0.15, 0.2) is 6.10 Å². The van der Waals surface area contributed by atoms with Crippen LogP contribution in [0.25, 0.3) is 0 Å². The quantitative estimate of drug-likeness (QED) is 0.894. The zero-order valence-electron chi connectivity index (χ0n) is 15.3. The normalized spacial score (nSPS) is 20.5. The van der Waals surface area contributed by atoms with Gasteiger partial charge in [-0.25, -0.2) is 0 Å². The Morgan fingerprint density at radius 2 is 1.96 bits per heavy atom. The molecule has 1 aromatic heterocycles. The van der Waals surface area contributed by atoms with Crippen LogP contribution in [0, 0.1) is 6.92 Å². The first kappa shape index (κ1) is 18.2. The monoisotopic (exact) mass is 356 g/mol. The van der Waals surface area contributed by atoms with Crippen LogP contribution in [0.2, 0.25) is 0 Å². The van der Waals surface area contributed by atoms with E-state index in [0.717, 1.165) is 11.3 Å². The molecule has 0 aliphatic carbocycles. The van der Waals surface area contributed by atoms with E-state index in [-0.39, 0.29) is 31.0 Å². The van der Waals surface area contributed by atoms with E-state index < -0.39 is 12.1 Å². The van der Waals surface area contributed by atoms with Gasteiger partial charge >= 0.3 is 0 Å². The van der Waals surface area contributed by atoms with Crippen molar-refractivity contribution in [2.45, 2.75) is 45.5 Å². The van der Waals surface area contributed by atoms with Crippen molar-refractivity contribution >= 4 is 11.8 Å². The van der Waals surface area contributed by atoms with Gasteiger partial charge in [0.2, 0.25) is 5.91 Å². The molecule has 0 bridgehead atoms. The lowest BCUT2D eigenvalue weighted by molar-refractivity contribution is -0.167. The third kappa shape index (κ3) is 3.80. The highest BCUT2D eigenvalue weighted by molar-refractivity contribution is 5.86. The summed E-state index contributed by atoms with van der Waals surface area (Å²) in [6.07, 6.45) is -0.770. The maximum absolute atomic E-state index is 12.8. The molecule has 1 saturated heterocycles. The molecule has 6 nitrogen and oxygen atoms in total. The van der Waals surface area contributed by atoms with Gasteiger partial charge < -0.3 is 19.4 Å². The van der Waals surface area contributed by atoms with Crippen LogP contribution in [0.3, 0.4) is 0 Å². The van der Waals surface area contributed by atoms with Crippen LogP contribution in [0.5, 0.6) is 0 Å². The highest BCUT2D eigenvalue weighted by Crippen LogP contribution is 2.32. The second-order valence-corrected chi connectivity index (χ2v) is 6.71. The largest absolute Gasteiger partial charge is 0.465 e. The van der Waals surface area contributed by atoms with Crippen LogP contribution in [0.15, 0.2) is 46.9 Å². The summed E-state index contributed by atoms with van der Waals surface area (Å²) in [6.45, 7) is 5.93. The van der Waals surface area contributed by atoms with Gasteiger partial charge in [-0.05, 0) is 38.5 Å². The van der Waals surface area contributed by atoms with E-state index in [9.17, 15) is 9.59 Å². The number of hydrogen-bond donors (Lipinski definition) is 1. The van der Waals surface area contributed by atoms with Crippen LogP contribution in [0.4, 0.5) is 0 Å². The summed E-state index contributed by atoms with van der Waals surface area (Å²) in [7, 11) is 0. The van der Waals surface area contributed by atoms with Gasteiger partial charge in [0.1, 0.15) is 18.1 Å². The molecule has 3 rings (SSSR count). The molecule has 6 heteroatoms. The van der Waals surface area contributed by atoms with Gasteiger partial charge in [-0.1, -0.05) is 30.3 Å². The first-order valence-electron chi connectivity index (χ1n) is 8.78. The number of nitrogens with zero attached hydrogens (tertiary/aromatic N) is 1. The molecule has 2 aromatic rings. The maximum Gasteiger partial charge on any atom is 0.252 e. The Morgan fingerprint density at radius 1 is 1.23 bits per heavy atom. The minimum absolute atomic E-state index is 0.0420. The van der Waals surface area contributed by atoms with Crippen LogP contribution in [0.1, 0.15) is 37.0 Å². The fraction of sp³-hybridized carbons (Fsp3) is 0.400. The van der Waals surface area contributed by atoms with E-state index in [1.807, 2.05) is 63.2 Å². The Kier molecular flexibility index (Phi) is 5.42. The number of carbonyl (C=O) groups excluding carboxylic acids is 2. The second kappa shape index (κ2) is 7.74. The van der Waals surface area contributed by atoms with Gasteiger partial charge in [0, 0.05) is 6.04 Å². The minimum atomic E-state index is -0.770. The molecule has 1 fully saturated rings. The molecular formula is C20H24N2O4. The molecule has 1 N–H and O–H groups in total. The lowest BCUT2D eigenvalue weighted by atomic mass is 9.96. The van der Waals surface area contributed by atoms with E-state index >= 15 is 0 Å². The number of nitrogens with one attached hydrogen (secondary N) is 1. The third-order valence-electron chi connectivity index (χ3n) is 4.45. The van der Waals surface area contributed by atoms with Crippen LogP contribution in [-0.4, -0.2) is 35.5 Å². The van der Waals surface area contributed by atoms with Crippen LogP contribution < -0.4 is 5.32 Å². The number of amides is 2. The Hall–Kier alpha value is -2.60. The van der Waals surface area contributed by atoms with E-state index in [1.165, 1.54) is 0 Å². The number of hydrogen-bond acceptors (Lipinski definition) is 4. The van der Waals surface area contributed by atoms with Crippen molar-refractivity contribution in [2.75, 3.05) is 6.61 Å². The summed E-state index contributed by atoms with van der Waals surface area (Å²) < 4.78 is 11.1. The third-order valence-corrected chi connectivity index (χ3v) is 4.45. The van der Waals surface area contributed by atoms with Gasteiger partial charge in [-0.3, -0.25) is 9.59 Å². The molecule has 1 aliphatic heterocycles. The molecular weight excluding hydrogens is 332 g/mol. The van der Waals surface area contributed by atoms with Gasteiger partial charge in [-0.2, -0.15) is 0 Å². The number of morpholine rings is 1. The summed E-state index contributed by atoms with van der Waals surface area (Å²) >= 11 is 0. The fourth-order valence-corrected chi connectivity index (χ4v) is 3.30. The molecule has 1 aliphatic rings.